The third-order valence-electron chi connectivity index (χ3n) is 2.82. The fourth-order valence-electron chi connectivity index (χ4n) is 1.91. The summed E-state index contributed by atoms with van der Waals surface area (Å²) in [5.74, 6) is 3.17. The van der Waals surface area contributed by atoms with E-state index in [1.54, 1.807) is 0 Å². The molecule has 0 N–H and O–H groups in total. The number of rotatable bonds is 1. The Hall–Kier alpha value is -1.26. The molecular weight excluding hydrogens is 172 g/mol. The maximum atomic E-state index is 5.62. The summed E-state index contributed by atoms with van der Waals surface area (Å²) in [6.07, 6.45) is 6.36. The van der Waals surface area contributed by atoms with Crippen molar-refractivity contribution in [3.63, 3.8) is 0 Å². The Morgan fingerprint density at radius 3 is 2.71 bits per heavy atom. The summed E-state index contributed by atoms with van der Waals surface area (Å²) in [6.45, 7) is 2.72. The predicted molar refractivity (Wildman–Crippen MR) is 57.0 cm³/mol. The molecule has 0 amide bonds. The molecule has 0 aromatic heterocycles. The first-order chi connectivity index (χ1) is 6.73. The minimum Gasteiger partial charge on any atom is -0.362 e. The Morgan fingerprint density at radius 2 is 2.14 bits per heavy atom. The van der Waals surface area contributed by atoms with E-state index in [4.69, 9.17) is 11.2 Å². The molecule has 0 bridgehead atoms. The lowest BCUT2D eigenvalue weighted by Crippen LogP contribution is -2.19. The van der Waals surface area contributed by atoms with E-state index in [1.807, 2.05) is 13.0 Å². The first-order valence-corrected chi connectivity index (χ1v) is 4.90. The average molecular weight is 186 g/mol. The van der Waals surface area contributed by atoms with Crippen LogP contribution in [-0.4, -0.2) is 12.2 Å². The SMILES string of the molecule is C#C[C@@]1(C)C[C@H](c2ccccc2)CO1. The van der Waals surface area contributed by atoms with Gasteiger partial charge in [0.05, 0.1) is 6.61 Å². The molecule has 1 aliphatic rings. The topological polar surface area (TPSA) is 9.23 Å². The van der Waals surface area contributed by atoms with E-state index in [-0.39, 0.29) is 5.60 Å². The highest BCUT2D eigenvalue weighted by atomic mass is 16.5. The highest BCUT2D eigenvalue weighted by molar-refractivity contribution is 5.24. The van der Waals surface area contributed by atoms with Crippen molar-refractivity contribution in [3.05, 3.63) is 35.9 Å². The standard InChI is InChI=1S/C13H14O/c1-3-13(2)9-12(10-14-13)11-7-5-4-6-8-11/h1,4-8,12H,9-10H2,2H3/t12-,13-/m0/s1. The summed E-state index contributed by atoms with van der Waals surface area (Å²) in [7, 11) is 0. The molecule has 0 saturated carbocycles. The zero-order valence-electron chi connectivity index (χ0n) is 8.36. The molecule has 1 aromatic rings. The third kappa shape index (κ3) is 1.66. The molecule has 1 heteroatoms. The number of ether oxygens (including phenoxy) is 1. The quantitative estimate of drug-likeness (QED) is 0.612. The second-order valence-corrected chi connectivity index (χ2v) is 4.00. The van der Waals surface area contributed by atoms with Crippen molar-refractivity contribution in [3.8, 4) is 12.3 Å². The van der Waals surface area contributed by atoms with Gasteiger partial charge in [0.2, 0.25) is 0 Å². The van der Waals surface area contributed by atoms with Crippen LogP contribution in [0.3, 0.4) is 0 Å². The van der Waals surface area contributed by atoms with Crippen molar-refractivity contribution in [1.82, 2.24) is 0 Å². The van der Waals surface area contributed by atoms with Gasteiger partial charge >= 0.3 is 0 Å². The van der Waals surface area contributed by atoms with Gasteiger partial charge in [-0.05, 0) is 18.9 Å². The van der Waals surface area contributed by atoms with Crippen LogP contribution in [-0.2, 0) is 4.74 Å². The van der Waals surface area contributed by atoms with Gasteiger partial charge in [-0.2, -0.15) is 0 Å². The highest BCUT2D eigenvalue weighted by Crippen LogP contribution is 2.35. The fourth-order valence-corrected chi connectivity index (χ4v) is 1.91. The van der Waals surface area contributed by atoms with Gasteiger partial charge < -0.3 is 4.74 Å². The van der Waals surface area contributed by atoms with E-state index in [0.29, 0.717) is 5.92 Å². The number of terminal acetylenes is 1. The molecule has 1 fully saturated rings. The van der Waals surface area contributed by atoms with Crippen LogP contribution < -0.4 is 0 Å². The van der Waals surface area contributed by atoms with Crippen molar-refractivity contribution in [2.24, 2.45) is 0 Å². The van der Waals surface area contributed by atoms with Crippen molar-refractivity contribution in [2.75, 3.05) is 6.61 Å². The predicted octanol–water partition coefficient (Wildman–Crippen LogP) is 2.58. The van der Waals surface area contributed by atoms with Gasteiger partial charge in [0.15, 0.2) is 0 Å². The number of benzene rings is 1. The molecule has 14 heavy (non-hydrogen) atoms. The maximum absolute atomic E-state index is 5.62. The van der Waals surface area contributed by atoms with Crippen LogP contribution in [0.25, 0.3) is 0 Å². The highest BCUT2D eigenvalue weighted by Gasteiger charge is 2.34. The van der Waals surface area contributed by atoms with Gasteiger partial charge in [-0.1, -0.05) is 36.3 Å². The first kappa shape index (κ1) is 9.30. The maximum Gasteiger partial charge on any atom is 0.126 e. The molecule has 1 nitrogen and oxygen atoms in total. The van der Waals surface area contributed by atoms with Crippen molar-refractivity contribution >= 4 is 0 Å². The molecule has 1 saturated heterocycles. The van der Waals surface area contributed by atoms with Crippen LogP contribution >= 0.6 is 0 Å². The first-order valence-electron chi connectivity index (χ1n) is 4.90. The van der Waals surface area contributed by atoms with Gasteiger partial charge in [-0.15, -0.1) is 6.42 Å². The Morgan fingerprint density at radius 1 is 1.43 bits per heavy atom. The number of hydrogen-bond donors (Lipinski definition) is 0. The molecular formula is C13H14O. The normalized spacial score (nSPS) is 31.3. The molecule has 72 valence electrons. The van der Waals surface area contributed by atoms with Gasteiger partial charge in [0.1, 0.15) is 5.60 Å². The summed E-state index contributed by atoms with van der Waals surface area (Å²) >= 11 is 0. The van der Waals surface area contributed by atoms with Crippen molar-refractivity contribution in [2.45, 2.75) is 24.9 Å². The molecule has 0 unspecified atom stereocenters. The van der Waals surface area contributed by atoms with Crippen LogP contribution in [0.15, 0.2) is 30.3 Å². The molecule has 2 atom stereocenters. The minimum atomic E-state index is -0.361. The Bertz CT molecular complexity index is 349. The lowest BCUT2D eigenvalue weighted by atomic mass is 9.91. The van der Waals surface area contributed by atoms with Crippen LogP contribution in [0, 0.1) is 12.3 Å². The average Bonchev–Trinajstić information content (AvgIpc) is 2.63. The Kier molecular flexibility index (Phi) is 2.31. The Balaban J connectivity index is 2.15. The molecule has 1 aromatic carbocycles. The van der Waals surface area contributed by atoms with E-state index >= 15 is 0 Å². The summed E-state index contributed by atoms with van der Waals surface area (Å²) < 4.78 is 5.62. The van der Waals surface area contributed by atoms with Crippen LogP contribution in [0.1, 0.15) is 24.8 Å². The van der Waals surface area contributed by atoms with Gasteiger partial charge in [0, 0.05) is 5.92 Å². The monoisotopic (exact) mass is 186 g/mol. The van der Waals surface area contributed by atoms with Crippen LogP contribution in [0.5, 0.6) is 0 Å². The molecule has 0 aliphatic carbocycles. The van der Waals surface area contributed by atoms with Crippen molar-refractivity contribution < 1.29 is 4.74 Å². The smallest absolute Gasteiger partial charge is 0.126 e. The van der Waals surface area contributed by atoms with Crippen molar-refractivity contribution in [1.29, 1.82) is 0 Å². The van der Waals surface area contributed by atoms with Gasteiger partial charge in [0.25, 0.3) is 0 Å². The summed E-state index contributed by atoms with van der Waals surface area (Å²) in [6, 6.07) is 10.4. The summed E-state index contributed by atoms with van der Waals surface area (Å²) in [5, 5.41) is 0. The molecule has 0 spiro atoms. The fraction of sp³-hybridized carbons (Fsp3) is 0.385. The van der Waals surface area contributed by atoms with Crippen LogP contribution in [0.2, 0.25) is 0 Å². The number of hydrogen-bond acceptors (Lipinski definition) is 1. The third-order valence-corrected chi connectivity index (χ3v) is 2.82. The van der Waals surface area contributed by atoms with E-state index in [1.165, 1.54) is 5.56 Å². The second-order valence-electron chi connectivity index (χ2n) is 4.00. The van der Waals surface area contributed by atoms with E-state index < -0.39 is 0 Å². The molecule has 1 heterocycles. The van der Waals surface area contributed by atoms with E-state index in [0.717, 1.165) is 13.0 Å². The summed E-state index contributed by atoms with van der Waals surface area (Å²) in [4.78, 5) is 0. The zero-order valence-corrected chi connectivity index (χ0v) is 8.36. The largest absolute Gasteiger partial charge is 0.362 e. The minimum absolute atomic E-state index is 0.361. The molecule has 0 radical (unpaired) electrons. The second kappa shape index (κ2) is 3.48. The van der Waals surface area contributed by atoms with Gasteiger partial charge in [-0.25, -0.2) is 0 Å². The lowest BCUT2D eigenvalue weighted by molar-refractivity contribution is 0.0687. The van der Waals surface area contributed by atoms with Crippen LogP contribution in [0.4, 0.5) is 0 Å². The zero-order chi connectivity index (χ0) is 10.0. The van der Waals surface area contributed by atoms with E-state index in [2.05, 4.69) is 30.2 Å². The summed E-state index contributed by atoms with van der Waals surface area (Å²) in [5.41, 5.74) is 0.965. The molecule has 2 rings (SSSR count). The Labute approximate surface area is 85.1 Å². The molecule has 1 aliphatic heterocycles. The van der Waals surface area contributed by atoms with E-state index in [9.17, 15) is 0 Å². The lowest BCUT2D eigenvalue weighted by Gasteiger charge is -2.14. The van der Waals surface area contributed by atoms with Gasteiger partial charge in [-0.3, -0.25) is 0 Å².